The second-order valence-electron chi connectivity index (χ2n) is 7.37. The zero-order valence-electron chi connectivity index (χ0n) is 15.9. The molecule has 1 amide bonds. The monoisotopic (exact) mass is 468 g/mol. The van der Waals surface area contributed by atoms with Crippen LogP contribution in [0.3, 0.4) is 0 Å². The minimum atomic E-state index is -4.21. The Hall–Kier alpha value is -2.29. The zero-order valence-corrected chi connectivity index (χ0v) is 18.2. The number of anilines is 1. The molecule has 158 valence electrons. The Balaban J connectivity index is 1.73. The fourth-order valence-electron chi connectivity index (χ4n) is 4.18. The van der Waals surface area contributed by atoms with Crippen molar-refractivity contribution in [3.05, 3.63) is 52.0 Å². The van der Waals surface area contributed by atoms with E-state index in [4.69, 9.17) is 33.7 Å². The molecule has 2 N–H and O–H groups in total. The number of hydrogen-bond acceptors (Lipinski definition) is 6. The minimum absolute atomic E-state index is 0.00956. The van der Waals surface area contributed by atoms with Crippen LogP contribution in [0.5, 0.6) is 5.75 Å². The SMILES string of the molecule is COc1ccc(Cl)cc1CC1CN2C(=O)CC2(S(=O)(=O)c2ccc(Cl)c(N)c2)C1=O. The van der Waals surface area contributed by atoms with Crippen molar-refractivity contribution in [1.29, 1.82) is 0 Å². The van der Waals surface area contributed by atoms with E-state index in [1.54, 1.807) is 18.2 Å². The summed E-state index contributed by atoms with van der Waals surface area (Å²) in [5.74, 6) is -1.06. The molecular formula is C20H18Cl2N2O5S. The quantitative estimate of drug-likeness (QED) is 0.533. The van der Waals surface area contributed by atoms with Gasteiger partial charge in [0, 0.05) is 17.5 Å². The first-order valence-electron chi connectivity index (χ1n) is 9.08. The number of ketones is 1. The van der Waals surface area contributed by atoms with Crippen LogP contribution in [-0.4, -0.2) is 43.5 Å². The van der Waals surface area contributed by atoms with Crippen molar-refractivity contribution in [1.82, 2.24) is 4.90 Å². The number of hydrogen-bond donors (Lipinski definition) is 1. The highest BCUT2D eigenvalue weighted by molar-refractivity contribution is 7.93. The molecule has 2 heterocycles. The normalized spacial score (nSPS) is 23.3. The van der Waals surface area contributed by atoms with Crippen molar-refractivity contribution in [2.45, 2.75) is 22.6 Å². The van der Waals surface area contributed by atoms with Crippen LogP contribution < -0.4 is 10.5 Å². The van der Waals surface area contributed by atoms with Crippen LogP contribution in [0.25, 0.3) is 0 Å². The molecule has 2 unspecified atom stereocenters. The Bertz CT molecular complexity index is 1180. The molecule has 0 spiro atoms. The van der Waals surface area contributed by atoms with E-state index in [0.717, 1.165) is 4.90 Å². The summed E-state index contributed by atoms with van der Waals surface area (Å²) in [4.78, 5) is 24.7. The van der Waals surface area contributed by atoms with E-state index in [2.05, 4.69) is 0 Å². The second-order valence-corrected chi connectivity index (χ2v) is 10.4. The average molecular weight is 469 g/mol. The van der Waals surface area contributed by atoms with E-state index < -0.39 is 26.4 Å². The van der Waals surface area contributed by atoms with Crippen molar-refractivity contribution >= 4 is 50.4 Å². The van der Waals surface area contributed by atoms with Gasteiger partial charge in [0.15, 0.2) is 5.78 Å². The Morgan fingerprint density at radius 1 is 1.20 bits per heavy atom. The number of amides is 1. The number of halogens is 2. The van der Waals surface area contributed by atoms with Gasteiger partial charge >= 0.3 is 0 Å². The molecule has 4 rings (SSSR count). The lowest BCUT2D eigenvalue weighted by molar-refractivity contribution is -0.150. The number of methoxy groups -OCH3 is 1. The number of nitrogens with two attached hydrogens (primary N) is 1. The molecule has 0 radical (unpaired) electrons. The summed E-state index contributed by atoms with van der Waals surface area (Å²) in [5, 5.41) is 0.672. The third-order valence-electron chi connectivity index (χ3n) is 5.72. The highest BCUT2D eigenvalue weighted by atomic mass is 35.5. The molecule has 2 aliphatic rings. The summed E-state index contributed by atoms with van der Waals surface area (Å²) >= 11 is 12.0. The van der Waals surface area contributed by atoms with Crippen molar-refractivity contribution in [3.63, 3.8) is 0 Å². The smallest absolute Gasteiger partial charge is 0.228 e. The fourth-order valence-corrected chi connectivity index (χ4v) is 6.63. The summed E-state index contributed by atoms with van der Waals surface area (Å²) in [6.07, 6.45) is -0.188. The van der Waals surface area contributed by atoms with Crippen LogP contribution in [0.4, 0.5) is 5.69 Å². The third-order valence-corrected chi connectivity index (χ3v) is 8.63. The number of Topliss-reactive ketones (excluding diaryl/α,β-unsaturated/α-hetero) is 1. The molecule has 30 heavy (non-hydrogen) atoms. The number of benzene rings is 2. The third kappa shape index (κ3) is 2.89. The molecule has 2 aromatic carbocycles. The van der Waals surface area contributed by atoms with Crippen molar-refractivity contribution in [2.75, 3.05) is 19.4 Å². The number of fused-ring (bicyclic) bond motifs is 1. The van der Waals surface area contributed by atoms with Gasteiger partial charge in [0.2, 0.25) is 20.6 Å². The Morgan fingerprint density at radius 2 is 1.93 bits per heavy atom. The van der Waals surface area contributed by atoms with E-state index in [9.17, 15) is 18.0 Å². The molecule has 2 fully saturated rings. The number of nitrogen functional groups attached to an aromatic ring is 1. The summed E-state index contributed by atoms with van der Waals surface area (Å²) in [5.41, 5.74) is 6.51. The van der Waals surface area contributed by atoms with E-state index in [1.165, 1.54) is 25.3 Å². The highest BCUT2D eigenvalue weighted by Gasteiger charge is 2.70. The fraction of sp³-hybridized carbons (Fsp3) is 0.300. The molecule has 2 saturated heterocycles. The first kappa shape index (κ1) is 21.0. The lowest BCUT2D eigenvalue weighted by atomic mass is 9.92. The van der Waals surface area contributed by atoms with Crippen molar-refractivity contribution < 1.29 is 22.7 Å². The predicted molar refractivity (Wildman–Crippen MR) is 112 cm³/mol. The van der Waals surface area contributed by atoms with E-state index in [-0.39, 0.29) is 40.9 Å². The van der Waals surface area contributed by atoms with Crippen molar-refractivity contribution in [3.8, 4) is 5.75 Å². The molecule has 7 nitrogen and oxygen atoms in total. The summed E-state index contributed by atoms with van der Waals surface area (Å²) in [7, 11) is -2.71. The lowest BCUT2D eigenvalue weighted by Gasteiger charge is -2.44. The number of β-lactam (4-membered cyclic amide) rings is 1. The summed E-state index contributed by atoms with van der Waals surface area (Å²) < 4.78 is 32.2. The van der Waals surface area contributed by atoms with Gasteiger partial charge in [-0.25, -0.2) is 8.42 Å². The number of rotatable bonds is 5. The maximum atomic E-state index is 13.5. The number of sulfone groups is 1. The molecule has 10 heteroatoms. The largest absolute Gasteiger partial charge is 0.496 e. The molecule has 0 saturated carbocycles. The van der Waals surface area contributed by atoms with Gasteiger partial charge in [0.05, 0.1) is 29.1 Å². The maximum absolute atomic E-state index is 13.5. The molecule has 2 aliphatic heterocycles. The lowest BCUT2D eigenvalue weighted by Crippen LogP contribution is -2.67. The van der Waals surface area contributed by atoms with E-state index in [1.807, 2.05) is 0 Å². The zero-order chi connectivity index (χ0) is 21.8. The van der Waals surface area contributed by atoms with Gasteiger partial charge < -0.3 is 15.4 Å². The molecule has 2 aromatic rings. The average Bonchev–Trinajstić information content (AvgIpc) is 2.92. The van der Waals surface area contributed by atoms with Crippen LogP contribution in [-0.2, 0) is 25.8 Å². The van der Waals surface area contributed by atoms with Crippen LogP contribution in [0.1, 0.15) is 12.0 Å². The topological polar surface area (TPSA) is 107 Å². The first-order chi connectivity index (χ1) is 14.1. The first-order valence-corrected chi connectivity index (χ1v) is 11.3. The maximum Gasteiger partial charge on any atom is 0.228 e. The number of ether oxygens (including phenoxy) is 1. The van der Waals surface area contributed by atoms with Crippen LogP contribution in [0, 0.1) is 5.92 Å². The van der Waals surface area contributed by atoms with Gasteiger partial charge in [-0.2, -0.15) is 0 Å². The predicted octanol–water partition coefficient (Wildman–Crippen LogP) is 2.73. The van der Waals surface area contributed by atoms with Gasteiger partial charge in [0.25, 0.3) is 0 Å². The van der Waals surface area contributed by atoms with Gasteiger partial charge in [-0.3, -0.25) is 9.59 Å². The number of carbonyl (C=O) groups excluding carboxylic acids is 2. The van der Waals surface area contributed by atoms with E-state index >= 15 is 0 Å². The Kier molecular flexibility index (Phi) is 4.99. The highest BCUT2D eigenvalue weighted by Crippen LogP contribution is 2.49. The second kappa shape index (κ2) is 7.14. The number of nitrogens with zero attached hydrogens (tertiary/aromatic N) is 1. The number of carbonyl (C=O) groups is 2. The Morgan fingerprint density at radius 3 is 2.57 bits per heavy atom. The van der Waals surface area contributed by atoms with Gasteiger partial charge in [-0.1, -0.05) is 23.2 Å². The van der Waals surface area contributed by atoms with Gasteiger partial charge in [-0.05, 0) is 48.4 Å². The molecule has 2 atom stereocenters. The summed E-state index contributed by atoms with van der Waals surface area (Å²) in [6, 6.07) is 8.89. The van der Waals surface area contributed by atoms with Crippen LogP contribution in [0.15, 0.2) is 41.3 Å². The standard InChI is InChI=1S/C20H18Cl2N2O5S/c1-29-17-5-2-13(21)7-11(17)6-12-10-24-18(25)9-20(24,19(12)26)30(27,28)14-3-4-15(22)16(23)8-14/h2-5,7-8,12H,6,9-10,23H2,1H3. The van der Waals surface area contributed by atoms with Crippen molar-refractivity contribution in [2.24, 2.45) is 5.92 Å². The molecular weight excluding hydrogens is 451 g/mol. The Labute approximate surface area is 183 Å². The van der Waals surface area contributed by atoms with Gasteiger partial charge in [-0.15, -0.1) is 0 Å². The minimum Gasteiger partial charge on any atom is -0.496 e. The van der Waals surface area contributed by atoms with Gasteiger partial charge in [0.1, 0.15) is 5.75 Å². The van der Waals surface area contributed by atoms with Crippen LogP contribution in [0.2, 0.25) is 10.0 Å². The summed E-state index contributed by atoms with van der Waals surface area (Å²) in [6.45, 7) is 0.00956. The molecule has 0 bridgehead atoms. The molecule has 0 aromatic heterocycles. The molecule has 0 aliphatic carbocycles. The van der Waals surface area contributed by atoms with E-state index in [0.29, 0.717) is 16.3 Å². The van der Waals surface area contributed by atoms with Crippen LogP contribution >= 0.6 is 23.2 Å².